The third-order valence-corrected chi connectivity index (χ3v) is 2.61. The first kappa shape index (κ1) is 6.16. The van der Waals surface area contributed by atoms with Crippen molar-refractivity contribution in [2.75, 3.05) is 6.61 Å². The van der Waals surface area contributed by atoms with E-state index in [9.17, 15) is 4.79 Å². The predicted octanol–water partition coefficient (Wildman–Crippen LogP) is -0.353. The third-order valence-electron chi connectivity index (χ3n) is 2.61. The highest BCUT2D eigenvalue weighted by molar-refractivity contribution is 5.80. The van der Waals surface area contributed by atoms with Gasteiger partial charge in [0.15, 0.2) is 0 Å². The summed E-state index contributed by atoms with van der Waals surface area (Å²) < 4.78 is 0. The van der Waals surface area contributed by atoms with Crippen LogP contribution in [0.5, 0.6) is 0 Å². The van der Waals surface area contributed by atoms with E-state index in [4.69, 9.17) is 5.11 Å². The van der Waals surface area contributed by atoms with E-state index in [1.54, 1.807) is 0 Å². The monoisotopic (exact) mass is 141 g/mol. The maximum Gasteiger partial charge on any atom is 0.220 e. The third kappa shape index (κ3) is 0.669. The topological polar surface area (TPSA) is 49.3 Å². The number of aliphatic hydroxyl groups is 1. The van der Waals surface area contributed by atoms with E-state index in [1.807, 2.05) is 0 Å². The van der Waals surface area contributed by atoms with Gasteiger partial charge in [-0.05, 0) is 12.8 Å². The van der Waals surface area contributed by atoms with Gasteiger partial charge in [-0.25, -0.2) is 0 Å². The summed E-state index contributed by atoms with van der Waals surface area (Å²) in [4.78, 5) is 10.8. The lowest BCUT2D eigenvalue weighted by Crippen LogP contribution is -2.32. The molecule has 0 aromatic rings. The van der Waals surface area contributed by atoms with Gasteiger partial charge < -0.3 is 10.4 Å². The van der Waals surface area contributed by atoms with Crippen LogP contribution in [0.15, 0.2) is 0 Å². The molecule has 1 aliphatic heterocycles. The number of rotatable bonds is 1. The number of amides is 1. The van der Waals surface area contributed by atoms with Crippen molar-refractivity contribution in [2.45, 2.75) is 24.8 Å². The number of hydrogen-bond donors (Lipinski definition) is 2. The van der Waals surface area contributed by atoms with E-state index in [0.29, 0.717) is 6.42 Å². The largest absolute Gasteiger partial charge is 0.396 e. The minimum Gasteiger partial charge on any atom is -0.396 e. The molecule has 1 saturated heterocycles. The number of hydrogen-bond acceptors (Lipinski definition) is 2. The van der Waals surface area contributed by atoms with Crippen molar-refractivity contribution < 1.29 is 9.90 Å². The molecule has 1 spiro atoms. The lowest BCUT2D eigenvalue weighted by Gasteiger charge is -2.13. The number of carbonyl (C=O) groups is 1. The Balaban J connectivity index is 2.13. The molecule has 2 N–H and O–H groups in total. The van der Waals surface area contributed by atoms with Crippen LogP contribution in [0.1, 0.15) is 19.3 Å². The molecule has 1 amide bonds. The fraction of sp³-hybridized carbons (Fsp3) is 0.857. The SMILES string of the molecule is O=C1CC(CO)C2(CC2)N1. The second-order valence-electron chi connectivity index (χ2n) is 3.29. The molecule has 1 atom stereocenters. The minimum atomic E-state index is 0.0336. The highest BCUT2D eigenvalue weighted by Gasteiger charge is 2.54. The lowest BCUT2D eigenvalue weighted by molar-refractivity contribution is -0.119. The van der Waals surface area contributed by atoms with E-state index in [1.165, 1.54) is 0 Å². The Bertz CT molecular complexity index is 174. The van der Waals surface area contributed by atoms with Gasteiger partial charge in [0.1, 0.15) is 0 Å². The molecule has 1 heterocycles. The molecule has 0 bridgehead atoms. The molecule has 3 nitrogen and oxygen atoms in total. The molecule has 56 valence electrons. The zero-order valence-corrected chi connectivity index (χ0v) is 5.76. The maximum absolute atomic E-state index is 10.8. The summed E-state index contributed by atoms with van der Waals surface area (Å²) in [5.74, 6) is 0.302. The predicted molar refractivity (Wildman–Crippen MR) is 35.3 cm³/mol. The first-order valence-corrected chi connectivity index (χ1v) is 3.69. The highest BCUT2D eigenvalue weighted by Crippen LogP contribution is 2.46. The zero-order chi connectivity index (χ0) is 7.19. The van der Waals surface area contributed by atoms with Crippen LogP contribution in [-0.4, -0.2) is 23.2 Å². The summed E-state index contributed by atoms with van der Waals surface area (Å²) >= 11 is 0. The van der Waals surface area contributed by atoms with Gasteiger partial charge in [0.2, 0.25) is 5.91 Å². The second kappa shape index (κ2) is 1.72. The molecule has 0 aromatic heterocycles. The van der Waals surface area contributed by atoms with Crippen molar-refractivity contribution in [3.63, 3.8) is 0 Å². The van der Waals surface area contributed by atoms with Gasteiger partial charge in [0, 0.05) is 24.5 Å². The molecular weight excluding hydrogens is 130 g/mol. The Hall–Kier alpha value is -0.570. The van der Waals surface area contributed by atoms with Crippen molar-refractivity contribution in [1.82, 2.24) is 5.32 Å². The van der Waals surface area contributed by atoms with E-state index < -0.39 is 0 Å². The van der Waals surface area contributed by atoms with Crippen LogP contribution in [0, 0.1) is 5.92 Å². The number of nitrogens with one attached hydrogen (secondary N) is 1. The van der Waals surface area contributed by atoms with Crippen LogP contribution in [-0.2, 0) is 4.79 Å². The molecular formula is C7H11NO2. The molecule has 0 aromatic carbocycles. The molecule has 1 aliphatic carbocycles. The van der Waals surface area contributed by atoms with Crippen molar-refractivity contribution in [2.24, 2.45) is 5.92 Å². The average Bonchev–Trinajstić information content (AvgIpc) is 2.55. The lowest BCUT2D eigenvalue weighted by atomic mass is 10.00. The Morgan fingerprint density at radius 1 is 1.70 bits per heavy atom. The highest BCUT2D eigenvalue weighted by atomic mass is 16.3. The fourth-order valence-electron chi connectivity index (χ4n) is 1.76. The quantitative estimate of drug-likeness (QED) is 0.524. The molecule has 1 saturated carbocycles. The van der Waals surface area contributed by atoms with Gasteiger partial charge in [-0.1, -0.05) is 0 Å². The second-order valence-corrected chi connectivity index (χ2v) is 3.29. The Labute approximate surface area is 59.4 Å². The van der Waals surface area contributed by atoms with Gasteiger partial charge in [0.25, 0.3) is 0 Å². The van der Waals surface area contributed by atoms with Crippen LogP contribution in [0.25, 0.3) is 0 Å². The summed E-state index contributed by atoms with van der Waals surface area (Å²) in [6.07, 6.45) is 2.64. The van der Waals surface area contributed by atoms with Crippen molar-refractivity contribution in [3.05, 3.63) is 0 Å². The number of aliphatic hydroxyl groups excluding tert-OH is 1. The van der Waals surface area contributed by atoms with Crippen molar-refractivity contribution in [3.8, 4) is 0 Å². The van der Waals surface area contributed by atoms with Crippen LogP contribution in [0.3, 0.4) is 0 Å². The first-order valence-electron chi connectivity index (χ1n) is 3.69. The van der Waals surface area contributed by atoms with Crippen molar-refractivity contribution in [1.29, 1.82) is 0 Å². The van der Waals surface area contributed by atoms with Gasteiger partial charge in [-0.2, -0.15) is 0 Å². The molecule has 3 heteroatoms. The van der Waals surface area contributed by atoms with Crippen LogP contribution in [0.4, 0.5) is 0 Å². The standard InChI is InChI=1S/C7H11NO2/c9-4-5-3-6(10)8-7(5)1-2-7/h5,9H,1-4H2,(H,8,10). The Morgan fingerprint density at radius 2 is 2.40 bits per heavy atom. The smallest absolute Gasteiger partial charge is 0.220 e. The summed E-state index contributed by atoms with van der Waals surface area (Å²) in [5.41, 5.74) is 0.0336. The Morgan fingerprint density at radius 3 is 2.80 bits per heavy atom. The summed E-state index contributed by atoms with van der Waals surface area (Å²) in [6.45, 7) is 0.152. The van der Waals surface area contributed by atoms with E-state index in [0.717, 1.165) is 12.8 Å². The summed E-state index contributed by atoms with van der Waals surface area (Å²) in [5, 5.41) is 11.8. The van der Waals surface area contributed by atoms with Crippen molar-refractivity contribution >= 4 is 5.91 Å². The molecule has 2 fully saturated rings. The van der Waals surface area contributed by atoms with Gasteiger partial charge in [-0.3, -0.25) is 4.79 Å². The van der Waals surface area contributed by atoms with E-state index in [-0.39, 0.29) is 24.0 Å². The summed E-state index contributed by atoms with van der Waals surface area (Å²) in [7, 11) is 0. The van der Waals surface area contributed by atoms with Gasteiger partial charge >= 0.3 is 0 Å². The van der Waals surface area contributed by atoms with Crippen LogP contribution >= 0.6 is 0 Å². The zero-order valence-electron chi connectivity index (χ0n) is 5.76. The summed E-state index contributed by atoms with van der Waals surface area (Å²) in [6, 6.07) is 0. The normalized spacial score (nSPS) is 34.5. The van der Waals surface area contributed by atoms with Gasteiger partial charge in [0.05, 0.1) is 0 Å². The first-order chi connectivity index (χ1) is 4.77. The maximum atomic E-state index is 10.8. The van der Waals surface area contributed by atoms with Gasteiger partial charge in [-0.15, -0.1) is 0 Å². The molecule has 1 unspecified atom stereocenters. The van der Waals surface area contributed by atoms with E-state index in [2.05, 4.69) is 5.32 Å². The molecule has 0 radical (unpaired) electrons. The molecule has 2 rings (SSSR count). The average molecular weight is 141 g/mol. The van der Waals surface area contributed by atoms with E-state index >= 15 is 0 Å². The van der Waals surface area contributed by atoms with Crippen LogP contribution < -0.4 is 5.32 Å². The molecule has 10 heavy (non-hydrogen) atoms. The van der Waals surface area contributed by atoms with Crippen LogP contribution in [0.2, 0.25) is 0 Å². The fourth-order valence-corrected chi connectivity index (χ4v) is 1.76. The number of carbonyl (C=O) groups excluding carboxylic acids is 1. The molecule has 2 aliphatic rings. The Kier molecular flexibility index (Phi) is 1.06. The minimum absolute atomic E-state index is 0.0336.